The van der Waals surface area contributed by atoms with Gasteiger partial charge in [0.05, 0.1) is 12.2 Å². The van der Waals surface area contributed by atoms with Gasteiger partial charge in [0.1, 0.15) is 0 Å². The van der Waals surface area contributed by atoms with E-state index in [0.717, 1.165) is 22.3 Å². The van der Waals surface area contributed by atoms with Gasteiger partial charge in [-0.3, -0.25) is 0 Å². The summed E-state index contributed by atoms with van der Waals surface area (Å²) in [6.45, 7) is -0.0510. The first-order chi connectivity index (χ1) is 15.4. The van der Waals surface area contributed by atoms with Crippen LogP contribution in [0.3, 0.4) is 0 Å². The van der Waals surface area contributed by atoms with Crippen molar-refractivity contribution in [2.75, 3.05) is 13.1 Å². The van der Waals surface area contributed by atoms with E-state index in [9.17, 15) is 18.6 Å². The number of hydrogen-bond acceptors (Lipinski definition) is 4. The fourth-order valence-corrected chi connectivity index (χ4v) is 5.60. The van der Waals surface area contributed by atoms with E-state index in [2.05, 4.69) is 0 Å². The number of aliphatic hydroxyl groups is 2. The van der Waals surface area contributed by atoms with Crippen molar-refractivity contribution in [3.63, 3.8) is 0 Å². The molecular formula is C25H28N2O4S. The molecule has 1 saturated heterocycles. The van der Waals surface area contributed by atoms with Gasteiger partial charge < -0.3 is 10.2 Å². The molecule has 0 radical (unpaired) electrons. The van der Waals surface area contributed by atoms with Crippen LogP contribution < -0.4 is 0 Å². The van der Waals surface area contributed by atoms with E-state index in [0.29, 0.717) is 6.42 Å². The average Bonchev–Trinajstić information content (AvgIpc) is 2.87. The monoisotopic (exact) mass is 452 g/mol. The largest absolute Gasteiger partial charge is 0.389 e. The van der Waals surface area contributed by atoms with Crippen LogP contribution in [-0.4, -0.2) is 52.5 Å². The van der Waals surface area contributed by atoms with Crippen molar-refractivity contribution < 1.29 is 18.6 Å². The van der Waals surface area contributed by atoms with E-state index in [1.54, 1.807) is 0 Å². The molecule has 0 aromatic heterocycles. The topological polar surface area (TPSA) is 81.1 Å². The van der Waals surface area contributed by atoms with E-state index in [4.69, 9.17) is 0 Å². The van der Waals surface area contributed by atoms with E-state index >= 15 is 0 Å². The zero-order valence-corrected chi connectivity index (χ0v) is 18.6. The highest BCUT2D eigenvalue weighted by atomic mass is 32.2. The molecule has 0 spiro atoms. The molecule has 4 rings (SSSR count). The predicted molar refractivity (Wildman–Crippen MR) is 124 cm³/mol. The standard InChI is InChI=1S/C25H28N2O4S/c28-24-18-26(16-21-11-5-2-6-12-21)32(30,31)27(19-25(24)29)17-23-14-8-7-13-22(23)15-20-9-3-1-4-10-20/h1-14,24-25,28-29H,15-19H2/t24-,25-/m0/s1. The third kappa shape index (κ3) is 5.26. The van der Waals surface area contributed by atoms with Gasteiger partial charge in [-0.15, -0.1) is 0 Å². The van der Waals surface area contributed by atoms with E-state index in [-0.39, 0.29) is 26.2 Å². The zero-order valence-electron chi connectivity index (χ0n) is 17.8. The summed E-state index contributed by atoms with van der Waals surface area (Å²) < 4.78 is 29.6. The van der Waals surface area contributed by atoms with Crippen molar-refractivity contribution in [2.24, 2.45) is 0 Å². The maximum absolute atomic E-state index is 13.5. The van der Waals surface area contributed by atoms with Crippen LogP contribution in [0.2, 0.25) is 0 Å². The number of β-amino-alcohol motifs (C(OH)–C–C–N with tert-alkyl or cyclic N) is 2. The Morgan fingerprint density at radius 3 is 1.72 bits per heavy atom. The van der Waals surface area contributed by atoms with Crippen LogP contribution in [-0.2, 0) is 29.7 Å². The van der Waals surface area contributed by atoms with Gasteiger partial charge in [0.15, 0.2) is 0 Å². The second kappa shape index (κ2) is 9.94. The molecule has 168 valence electrons. The summed E-state index contributed by atoms with van der Waals surface area (Å²) in [5.41, 5.74) is 3.87. The minimum atomic E-state index is -3.91. The summed E-state index contributed by atoms with van der Waals surface area (Å²) in [4.78, 5) is 0. The molecule has 0 bridgehead atoms. The Kier molecular flexibility index (Phi) is 7.03. The quantitative estimate of drug-likeness (QED) is 0.602. The highest BCUT2D eigenvalue weighted by Gasteiger charge is 2.39. The Labute approximate surface area is 189 Å². The third-order valence-electron chi connectivity index (χ3n) is 5.78. The molecule has 0 unspecified atom stereocenters. The number of benzene rings is 3. The molecular weight excluding hydrogens is 424 g/mol. The van der Waals surface area contributed by atoms with Crippen LogP contribution in [0.5, 0.6) is 0 Å². The van der Waals surface area contributed by atoms with Gasteiger partial charge in [0, 0.05) is 26.2 Å². The van der Waals surface area contributed by atoms with Crippen LogP contribution in [0.4, 0.5) is 0 Å². The Balaban J connectivity index is 1.62. The molecule has 0 saturated carbocycles. The summed E-state index contributed by atoms with van der Waals surface area (Å²) in [6.07, 6.45) is -1.63. The Morgan fingerprint density at radius 1 is 0.656 bits per heavy atom. The van der Waals surface area contributed by atoms with E-state index < -0.39 is 22.4 Å². The van der Waals surface area contributed by atoms with Gasteiger partial charge >= 0.3 is 0 Å². The molecule has 3 aromatic carbocycles. The lowest BCUT2D eigenvalue weighted by Crippen LogP contribution is -2.42. The summed E-state index contributed by atoms with van der Waals surface area (Å²) >= 11 is 0. The normalized spacial score (nSPS) is 21.8. The molecule has 0 amide bonds. The van der Waals surface area contributed by atoms with Gasteiger partial charge in [-0.1, -0.05) is 84.9 Å². The minimum absolute atomic E-state index is 0.125. The highest BCUT2D eigenvalue weighted by Crippen LogP contribution is 2.24. The van der Waals surface area contributed by atoms with Crippen molar-refractivity contribution >= 4 is 10.2 Å². The van der Waals surface area contributed by atoms with Crippen LogP contribution in [0.1, 0.15) is 22.3 Å². The predicted octanol–water partition coefficient (Wildman–Crippen LogP) is 2.56. The summed E-state index contributed by atoms with van der Waals surface area (Å²) in [5.74, 6) is 0. The fourth-order valence-electron chi connectivity index (χ4n) is 3.98. The average molecular weight is 453 g/mol. The maximum Gasteiger partial charge on any atom is 0.282 e. The number of aliphatic hydroxyl groups excluding tert-OH is 2. The smallest absolute Gasteiger partial charge is 0.282 e. The first-order valence-corrected chi connectivity index (χ1v) is 12.1. The molecule has 1 aliphatic rings. The fraction of sp³-hybridized carbons (Fsp3) is 0.280. The lowest BCUT2D eigenvalue weighted by molar-refractivity contribution is 0.00887. The first kappa shape index (κ1) is 22.6. The van der Waals surface area contributed by atoms with E-state index in [1.165, 1.54) is 8.61 Å². The molecule has 2 atom stereocenters. The summed E-state index contributed by atoms with van der Waals surface area (Å²) in [7, 11) is -3.91. The molecule has 0 aliphatic carbocycles. The number of hydrogen-bond donors (Lipinski definition) is 2. The van der Waals surface area contributed by atoms with Crippen LogP contribution in [0.25, 0.3) is 0 Å². The molecule has 1 heterocycles. The first-order valence-electron chi connectivity index (χ1n) is 10.7. The van der Waals surface area contributed by atoms with E-state index in [1.807, 2.05) is 84.9 Å². The molecule has 1 fully saturated rings. The lowest BCUT2D eigenvalue weighted by Gasteiger charge is -2.27. The molecule has 3 aromatic rings. The van der Waals surface area contributed by atoms with Crippen molar-refractivity contribution in [1.82, 2.24) is 8.61 Å². The lowest BCUT2D eigenvalue weighted by atomic mass is 9.99. The van der Waals surface area contributed by atoms with Gasteiger partial charge in [0.25, 0.3) is 10.2 Å². The van der Waals surface area contributed by atoms with Gasteiger partial charge in [0.2, 0.25) is 0 Å². The van der Waals surface area contributed by atoms with Crippen molar-refractivity contribution in [2.45, 2.75) is 31.7 Å². The second-order valence-electron chi connectivity index (χ2n) is 8.14. The number of rotatable bonds is 6. The minimum Gasteiger partial charge on any atom is -0.389 e. The molecule has 1 aliphatic heterocycles. The Bertz CT molecular complexity index is 1120. The zero-order chi connectivity index (χ0) is 22.6. The molecule has 32 heavy (non-hydrogen) atoms. The SMILES string of the molecule is O=S1(=O)N(Cc2ccccc2)C[C@H](O)[C@@H](O)CN1Cc1ccccc1Cc1ccccc1. The van der Waals surface area contributed by atoms with Crippen molar-refractivity contribution in [3.8, 4) is 0 Å². The number of nitrogens with zero attached hydrogens (tertiary/aromatic N) is 2. The van der Waals surface area contributed by atoms with Gasteiger partial charge in [-0.2, -0.15) is 17.0 Å². The molecule has 7 heteroatoms. The Morgan fingerprint density at radius 2 is 1.12 bits per heavy atom. The summed E-state index contributed by atoms with van der Waals surface area (Å²) in [6, 6.07) is 27.0. The van der Waals surface area contributed by atoms with Crippen molar-refractivity contribution in [1.29, 1.82) is 0 Å². The maximum atomic E-state index is 13.5. The van der Waals surface area contributed by atoms with Crippen molar-refractivity contribution in [3.05, 3.63) is 107 Å². The highest BCUT2D eigenvalue weighted by molar-refractivity contribution is 7.86. The van der Waals surface area contributed by atoms with Crippen LogP contribution in [0.15, 0.2) is 84.9 Å². The van der Waals surface area contributed by atoms with Gasteiger partial charge in [-0.05, 0) is 28.7 Å². The third-order valence-corrected chi connectivity index (χ3v) is 7.64. The van der Waals surface area contributed by atoms with Gasteiger partial charge in [-0.25, -0.2) is 0 Å². The van der Waals surface area contributed by atoms with Crippen LogP contribution in [0, 0.1) is 0 Å². The second-order valence-corrected chi connectivity index (χ2v) is 10.1. The Hall–Kier alpha value is -2.55. The molecule has 2 N–H and O–H groups in total. The van der Waals surface area contributed by atoms with Crippen LogP contribution >= 0.6 is 0 Å². The molecule has 6 nitrogen and oxygen atoms in total. The summed E-state index contributed by atoms with van der Waals surface area (Å²) in [5, 5.41) is 20.8.